The van der Waals surface area contributed by atoms with Crippen molar-refractivity contribution in [3.63, 3.8) is 0 Å². The summed E-state index contributed by atoms with van der Waals surface area (Å²) in [6, 6.07) is 4.17. The highest BCUT2D eigenvalue weighted by molar-refractivity contribution is 14.0. The largest absolute Gasteiger partial charge is 0.356 e. The van der Waals surface area contributed by atoms with E-state index >= 15 is 0 Å². The molecule has 1 aromatic carbocycles. The Balaban J connectivity index is 0.00000676. The third kappa shape index (κ3) is 10.9. The number of guanidine groups is 1. The third-order valence-electron chi connectivity index (χ3n) is 3.95. The summed E-state index contributed by atoms with van der Waals surface area (Å²) in [4.78, 5) is 4.19. The summed E-state index contributed by atoms with van der Waals surface area (Å²) in [6.45, 7) is 9.84. The van der Waals surface area contributed by atoms with E-state index in [0.29, 0.717) is 29.5 Å². The smallest absolute Gasteiger partial charge is 0.191 e. The predicted octanol–water partition coefficient (Wildman–Crippen LogP) is 3.73. The molecule has 0 saturated heterocycles. The average molecular weight is 513 g/mol. The van der Waals surface area contributed by atoms with Crippen molar-refractivity contribution in [2.24, 2.45) is 16.3 Å². The number of hydrogen-bond acceptors (Lipinski definition) is 3. The van der Waals surface area contributed by atoms with Gasteiger partial charge in [-0.2, -0.15) is 0 Å². The Kier molecular flexibility index (Phi) is 10.8. The van der Waals surface area contributed by atoms with Gasteiger partial charge in [0.1, 0.15) is 5.82 Å². The Hall–Kier alpha value is -0.900. The maximum atomic E-state index is 13.6. The fourth-order valence-corrected chi connectivity index (χ4v) is 3.93. The Morgan fingerprint density at radius 3 is 2.37 bits per heavy atom. The van der Waals surface area contributed by atoms with Crippen LogP contribution >= 0.6 is 24.0 Å². The minimum absolute atomic E-state index is 0. The van der Waals surface area contributed by atoms with Crippen molar-refractivity contribution < 1.29 is 12.8 Å². The highest BCUT2D eigenvalue weighted by Crippen LogP contribution is 2.24. The molecule has 8 heteroatoms. The summed E-state index contributed by atoms with van der Waals surface area (Å²) in [5.74, 6) is 0.710. The molecule has 0 aliphatic carbocycles. The first-order valence-electron chi connectivity index (χ1n) is 8.81. The predicted molar refractivity (Wildman–Crippen MR) is 122 cm³/mol. The van der Waals surface area contributed by atoms with Gasteiger partial charge in [0.15, 0.2) is 15.8 Å². The summed E-state index contributed by atoms with van der Waals surface area (Å²) in [5.41, 5.74) is 1.32. The van der Waals surface area contributed by atoms with Crippen LogP contribution in [0.1, 0.15) is 45.2 Å². The van der Waals surface area contributed by atoms with Crippen LogP contribution in [0.4, 0.5) is 4.39 Å². The lowest BCUT2D eigenvalue weighted by Gasteiger charge is -2.28. The molecule has 0 fully saturated rings. The van der Waals surface area contributed by atoms with Gasteiger partial charge in [0.05, 0.1) is 5.75 Å². The molecule has 0 radical (unpaired) electrons. The monoisotopic (exact) mass is 513 g/mol. The molecule has 156 valence electrons. The van der Waals surface area contributed by atoms with Gasteiger partial charge in [-0.15, -0.1) is 24.0 Å². The third-order valence-corrected chi connectivity index (χ3v) is 4.79. The summed E-state index contributed by atoms with van der Waals surface area (Å²) in [5, 5.41) is 6.44. The molecule has 0 heterocycles. The molecule has 0 unspecified atom stereocenters. The number of rotatable bonds is 8. The molecule has 1 aromatic rings. The highest BCUT2D eigenvalue weighted by Gasteiger charge is 2.20. The van der Waals surface area contributed by atoms with E-state index in [-0.39, 0.29) is 41.0 Å². The van der Waals surface area contributed by atoms with Crippen molar-refractivity contribution in [3.8, 4) is 0 Å². The van der Waals surface area contributed by atoms with Gasteiger partial charge in [0.2, 0.25) is 0 Å². The second-order valence-electron chi connectivity index (χ2n) is 8.02. The molecular formula is C19H33FIN3O2S. The first kappa shape index (κ1) is 26.1. The van der Waals surface area contributed by atoms with E-state index in [0.717, 1.165) is 13.0 Å². The number of aliphatic imine (C=N–C) groups is 1. The first-order chi connectivity index (χ1) is 11.9. The average Bonchev–Trinajstić information content (AvgIpc) is 2.47. The molecule has 0 amide bonds. The zero-order valence-corrected chi connectivity index (χ0v) is 20.2. The minimum atomic E-state index is -3.19. The van der Waals surface area contributed by atoms with E-state index in [9.17, 15) is 12.8 Å². The molecular weight excluding hydrogens is 480 g/mol. The van der Waals surface area contributed by atoms with Crippen molar-refractivity contribution in [3.05, 3.63) is 35.1 Å². The van der Waals surface area contributed by atoms with Crippen LogP contribution < -0.4 is 10.6 Å². The molecule has 27 heavy (non-hydrogen) atoms. The van der Waals surface area contributed by atoms with Crippen LogP contribution in [0.15, 0.2) is 23.2 Å². The number of nitrogens with zero attached hydrogens (tertiary/aromatic N) is 1. The molecule has 0 spiro atoms. The van der Waals surface area contributed by atoms with Gasteiger partial charge in [-0.25, -0.2) is 12.8 Å². The maximum absolute atomic E-state index is 13.6. The normalized spacial score (nSPS) is 12.7. The van der Waals surface area contributed by atoms with Gasteiger partial charge in [0, 0.05) is 26.4 Å². The molecule has 0 aliphatic heterocycles. The number of benzene rings is 1. The molecule has 0 aromatic heterocycles. The van der Waals surface area contributed by atoms with Crippen LogP contribution in [0.3, 0.4) is 0 Å². The van der Waals surface area contributed by atoms with Crippen molar-refractivity contribution in [2.75, 3.05) is 19.8 Å². The van der Waals surface area contributed by atoms with Gasteiger partial charge in [-0.3, -0.25) is 4.99 Å². The van der Waals surface area contributed by atoms with Gasteiger partial charge in [0.25, 0.3) is 0 Å². The van der Waals surface area contributed by atoms with Gasteiger partial charge < -0.3 is 10.6 Å². The van der Waals surface area contributed by atoms with E-state index in [1.807, 2.05) is 0 Å². The highest BCUT2D eigenvalue weighted by atomic mass is 127. The second kappa shape index (κ2) is 11.2. The van der Waals surface area contributed by atoms with Crippen molar-refractivity contribution in [2.45, 2.75) is 46.4 Å². The van der Waals surface area contributed by atoms with Crippen molar-refractivity contribution >= 4 is 39.8 Å². The van der Waals surface area contributed by atoms with Crippen LogP contribution in [0.2, 0.25) is 0 Å². The van der Waals surface area contributed by atoms with Crippen LogP contribution in [-0.4, -0.2) is 34.2 Å². The molecule has 0 atom stereocenters. The fourth-order valence-electron chi connectivity index (χ4n) is 3.08. The Labute approximate surface area is 180 Å². The zero-order chi connectivity index (χ0) is 20.0. The van der Waals surface area contributed by atoms with E-state index in [1.54, 1.807) is 7.05 Å². The summed E-state index contributed by atoms with van der Waals surface area (Å²) >= 11 is 0. The molecule has 2 N–H and O–H groups in total. The number of halogens is 2. The van der Waals surface area contributed by atoms with Gasteiger partial charge >= 0.3 is 0 Å². The van der Waals surface area contributed by atoms with E-state index < -0.39 is 9.84 Å². The van der Waals surface area contributed by atoms with Gasteiger partial charge in [-0.1, -0.05) is 33.8 Å². The van der Waals surface area contributed by atoms with Crippen molar-refractivity contribution in [1.29, 1.82) is 0 Å². The molecule has 0 bridgehead atoms. The molecule has 0 aliphatic rings. The molecule has 0 saturated carbocycles. The van der Waals surface area contributed by atoms with Gasteiger partial charge in [-0.05, 0) is 41.0 Å². The van der Waals surface area contributed by atoms with E-state index in [1.165, 1.54) is 24.5 Å². The number of hydrogen-bond donors (Lipinski definition) is 2. The second-order valence-corrected chi connectivity index (χ2v) is 10.2. The lowest BCUT2D eigenvalue weighted by molar-refractivity contribution is 0.286. The van der Waals surface area contributed by atoms with Crippen LogP contribution in [0.25, 0.3) is 0 Å². The quantitative estimate of drug-likeness (QED) is 0.316. The SMILES string of the molecule is CN=C(NCc1cc(F)ccc1CS(C)(=O)=O)NCC(C)(C)CC(C)C.I. The molecule has 5 nitrogen and oxygen atoms in total. The summed E-state index contributed by atoms with van der Waals surface area (Å²) in [7, 11) is -1.52. The topological polar surface area (TPSA) is 70.6 Å². The van der Waals surface area contributed by atoms with Crippen LogP contribution in [0.5, 0.6) is 0 Å². The lowest BCUT2D eigenvalue weighted by atomic mass is 9.84. The maximum Gasteiger partial charge on any atom is 0.191 e. The number of sulfone groups is 1. The lowest BCUT2D eigenvalue weighted by Crippen LogP contribution is -2.42. The summed E-state index contributed by atoms with van der Waals surface area (Å²) in [6.07, 6.45) is 2.25. The fraction of sp³-hybridized carbons (Fsp3) is 0.632. The van der Waals surface area contributed by atoms with E-state index in [4.69, 9.17) is 0 Å². The zero-order valence-electron chi connectivity index (χ0n) is 17.1. The minimum Gasteiger partial charge on any atom is -0.356 e. The van der Waals surface area contributed by atoms with Crippen molar-refractivity contribution in [1.82, 2.24) is 10.6 Å². The van der Waals surface area contributed by atoms with Crippen LogP contribution in [-0.2, 0) is 22.1 Å². The van der Waals surface area contributed by atoms with Crippen LogP contribution in [0, 0.1) is 17.2 Å². The first-order valence-corrected chi connectivity index (χ1v) is 10.9. The van der Waals surface area contributed by atoms with E-state index in [2.05, 4.69) is 43.3 Å². The Morgan fingerprint density at radius 1 is 1.22 bits per heavy atom. The summed E-state index contributed by atoms with van der Waals surface area (Å²) < 4.78 is 36.8. The Bertz CT molecular complexity index is 734. The standard InChI is InChI=1S/C19H32FN3O2S.HI/c1-14(2)10-19(3,4)13-23-18(21-5)22-11-16-9-17(20)8-7-15(16)12-26(6,24)25;/h7-9,14H,10-13H2,1-6H3,(H2,21,22,23);1H. The molecule has 1 rings (SSSR count). The number of nitrogens with one attached hydrogen (secondary N) is 2. The Morgan fingerprint density at radius 2 is 1.85 bits per heavy atom.